The molecule has 1 aliphatic rings. The Morgan fingerprint density at radius 1 is 1.53 bits per heavy atom. The van der Waals surface area contributed by atoms with Gasteiger partial charge in [0.25, 0.3) is 0 Å². The Morgan fingerprint density at radius 3 is 2.89 bits per heavy atom. The van der Waals surface area contributed by atoms with E-state index in [9.17, 15) is 8.42 Å². The molecule has 19 heavy (non-hydrogen) atoms. The third kappa shape index (κ3) is 3.47. The highest BCUT2D eigenvalue weighted by Crippen LogP contribution is 2.23. The van der Waals surface area contributed by atoms with Crippen molar-refractivity contribution in [2.45, 2.75) is 23.8 Å². The number of nitrogens with two attached hydrogens (primary N) is 1. The normalized spacial score (nSPS) is 20.8. The number of sulfonamides is 1. The second kappa shape index (κ2) is 5.78. The van der Waals surface area contributed by atoms with Gasteiger partial charge in [-0.15, -0.1) is 0 Å². The summed E-state index contributed by atoms with van der Waals surface area (Å²) in [6.07, 6.45) is 2.13. The number of nitrogen functional groups attached to an aromatic ring is 1. The van der Waals surface area contributed by atoms with Crippen LogP contribution in [0, 0.1) is 0 Å². The third-order valence-corrected chi connectivity index (χ3v) is 5.42. The number of halogens is 1. The maximum absolute atomic E-state index is 12.2. The van der Waals surface area contributed by atoms with Crippen LogP contribution in [0.5, 0.6) is 0 Å². The van der Waals surface area contributed by atoms with Gasteiger partial charge in [0.05, 0.1) is 5.69 Å². The van der Waals surface area contributed by atoms with Crippen LogP contribution in [0.4, 0.5) is 5.69 Å². The molecule has 1 atom stereocenters. The Bertz CT molecular complexity index is 562. The molecule has 0 aliphatic carbocycles. The number of hydrogen-bond acceptors (Lipinski definition) is 4. The summed E-state index contributed by atoms with van der Waals surface area (Å²) in [6.45, 7) is 1.44. The lowest BCUT2D eigenvalue weighted by Gasteiger charge is -2.20. The summed E-state index contributed by atoms with van der Waals surface area (Å²) < 4.78 is 27.8. The van der Waals surface area contributed by atoms with E-state index < -0.39 is 10.0 Å². The van der Waals surface area contributed by atoms with Gasteiger partial charge in [-0.05, 0) is 44.6 Å². The minimum Gasteiger partial charge on any atom is -0.398 e. The summed E-state index contributed by atoms with van der Waals surface area (Å²) >= 11 is 3.26. The first kappa shape index (κ1) is 14.8. The van der Waals surface area contributed by atoms with Gasteiger partial charge in [0.2, 0.25) is 10.0 Å². The first-order valence-electron chi connectivity index (χ1n) is 6.15. The lowest BCUT2D eigenvalue weighted by molar-refractivity contribution is 0.311. The van der Waals surface area contributed by atoms with Crippen molar-refractivity contribution in [3.05, 3.63) is 22.7 Å². The van der Waals surface area contributed by atoms with Gasteiger partial charge in [-0.25, -0.2) is 13.1 Å². The molecule has 1 saturated heterocycles. The number of anilines is 1. The van der Waals surface area contributed by atoms with Crippen molar-refractivity contribution in [1.82, 2.24) is 9.62 Å². The van der Waals surface area contributed by atoms with Crippen LogP contribution in [0.15, 0.2) is 27.6 Å². The molecular formula is C12H18BrN3O2S. The highest BCUT2D eigenvalue weighted by atomic mass is 79.9. The van der Waals surface area contributed by atoms with Crippen molar-refractivity contribution in [3.63, 3.8) is 0 Å². The van der Waals surface area contributed by atoms with Gasteiger partial charge in [-0.3, -0.25) is 0 Å². The van der Waals surface area contributed by atoms with Crippen LogP contribution in [0.25, 0.3) is 0 Å². The summed E-state index contributed by atoms with van der Waals surface area (Å²) in [5, 5.41) is 0. The quantitative estimate of drug-likeness (QED) is 0.807. The zero-order valence-electron chi connectivity index (χ0n) is 10.8. The van der Waals surface area contributed by atoms with Crippen LogP contribution in [0.3, 0.4) is 0 Å². The van der Waals surface area contributed by atoms with E-state index in [4.69, 9.17) is 5.73 Å². The Hall–Kier alpha value is -0.630. The fourth-order valence-corrected chi connectivity index (χ4v) is 4.00. The molecule has 1 unspecified atom stereocenters. The monoisotopic (exact) mass is 347 g/mol. The molecule has 0 amide bonds. The molecule has 1 aromatic rings. The van der Waals surface area contributed by atoms with Gasteiger partial charge in [0, 0.05) is 17.1 Å². The molecule has 7 heteroatoms. The van der Waals surface area contributed by atoms with Crippen LogP contribution in [0.2, 0.25) is 0 Å². The van der Waals surface area contributed by atoms with Crippen LogP contribution in [-0.2, 0) is 10.0 Å². The predicted molar refractivity (Wildman–Crippen MR) is 79.4 cm³/mol. The fourth-order valence-electron chi connectivity index (χ4n) is 2.26. The smallest absolute Gasteiger partial charge is 0.242 e. The molecule has 1 heterocycles. The first-order valence-corrected chi connectivity index (χ1v) is 8.43. The van der Waals surface area contributed by atoms with E-state index in [0.29, 0.717) is 11.0 Å². The summed E-state index contributed by atoms with van der Waals surface area (Å²) in [5.41, 5.74) is 6.00. The molecule has 5 nitrogen and oxygen atoms in total. The number of nitrogens with one attached hydrogen (secondary N) is 1. The van der Waals surface area contributed by atoms with E-state index in [2.05, 4.69) is 25.6 Å². The molecule has 0 radical (unpaired) electrons. The van der Waals surface area contributed by atoms with Crippen molar-refractivity contribution in [3.8, 4) is 0 Å². The van der Waals surface area contributed by atoms with E-state index in [0.717, 1.165) is 19.4 Å². The summed E-state index contributed by atoms with van der Waals surface area (Å²) in [7, 11) is -1.54. The Morgan fingerprint density at radius 2 is 2.26 bits per heavy atom. The summed E-state index contributed by atoms with van der Waals surface area (Å²) in [5.74, 6) is 0. The van der Waals surface area contributed by atoms with Crippen molar-refractivity contribution >= 4 is 31.6 Å². The maximum Gasteiger partial charge on any atom is 0.242 e. The zero-order valence-corrected chi connectivity index (χ0v) is 13.2. The standard InChI is InChI=1S/C12H18BrN3O2S/c1-16-6-2-3-10(16)8-15-19(17,18)12-7-9(13)4-5-11(12)14/h4-5,7,10,15H,2-3,6,8,14H2,1H3. The molecule has 0 bridgehead atoms. The molecule has 106 valence electrons. The van der Waals surface area contributed by atoms with Crippen molar-refractivity contribution < 1.29 is 8.42 Å². The average Bonchev–Trinajstić information content (AvgIpc) is 2.75. The number of rotatable bonds is 4. The fraction of sp³-hybridized carbons (Fsp3) is 0.500. The zero-order chi connectivity index (χ0) is 14.0. The van der Waals surface area contributed by atoms with Gasteiger partial charge in [-0.2, -0.15) is 0 Å². The molecule has 1 fully saturated rings. The summed E-state index contributed by atoms with van der Waals surface area (Å²) in [6, 6.07) is 5.10. The average molecular weight is 348 g/mol. The van der Waals surface area contributed by atoms with Crippen molar-refractivity contribution in [2.75, 3.05) is 25.9 Å². The molecule has 0 saturated carbocycles. The molecule has 3 N–H and O–H groups in total. The number of likely N-dealkylation sites (tertiary alicyclic amines) is 1. The van der Waals surface area contributed by atoms with Crippen LogP contribution < -0.4 is 10.5 Å². The minimum atomic E-state index is -3.56. The number of likely N-dealkylation sites (N-methyl/N-ethyl adjacent to an activating group) is 1. The van der Waals surface area contributed by atoms with E-state index in [-0.39, 0.29) is 16.6 Å². The lowest BCUT2D eigenvalue weighted by Crippen LogP contribution is -2.38. The largest absolute Gasteiger partial charge is 0.398 e. The van der Waals surface area contributed by atoms with Gasteiger partial charge < -0.3 is 10.6 Å². The molecule has 2 rings (SSSR count). The number of benzene rings is 1. The molecule has 1 aromatic carbocycles. The van der Waals surface area contributed by atoms with Gasteiger partial charge in [0.1, 0.15) is 4.90 Å². The molecular weight excluding hydrogens is 330 g/mol. The maximum atomic E-state index is 12.2. The first-order chi connectivity index (χ1) is 8.90. The van der Waals surface area contributed by atoms with Gasteiger partial charge in [0.15, 0.2) is 0 Å². The highest BCUT2D eigenvalue weighted by Gasteiger charge is 2.24. The number of nitrogens with zero attached hydrogens (tertiary/aromatic N) is 1. The highest BCUT2D eigenvalue weighted by molar-refractivity contribution is 9.10. The third-order valence-electron chi connectivity index (χ3n) is 3.45. The van der Waals surface area contributed by atoms with Crippen LogP contribution in [-0.4, -0.2) is 39.5 Å². The molecule has 0 aromatic heterocycles. The second-order valence-electron chi connectivity index (χ2n) is 4.81. The van der Waals surface area contributed by atoms with Crippen molar-refractivity contribution in [1.29, 1.82) is 0 Å². The molecule has 0 spiro atoms. The predicted octanol–water partition coefficient (Wildman–Crippen LogP) is 1.40. The Labute approximate surface area is 122 Å². The van der Waals surface area contributed by atoms with E-state index >= 15 is 0 Å². The lowest BCUT2D eigenvalue weighted by atomic mass is 10.2. The van der Waals surface area contributed by atoms with E-state index in [1.807, 2.05) is 7.05 Å². The second-order valence-corrected chi connectivity index (χ2v) is 7.46. The topological polar surface area (TPSA) is 75.4 Å². The number of hydrogen-bond donors (Lipinski definition) is 2. The minimum absolute atomic E-state index is 0.127. The van der Waals surface area contributed by atoms with Crippen LogP contribution in [0.1, 0.15) is 12.8 Å². The van der Waals surface area contributed by atoms with Crippen LogP contribution >= 0.6 is 15.9 Å². The van der Waals surface area contributed by atoms with Gasteiger partial charge >= 0.3 is 0 Å². The van der Waals surface area contributed by atoms with Gasteiger partial charge in [-0.1, -0.05) is 15.9 Å². The Balaban J connectivity index is 2.12. The summed E-state index contributed by atoms with van der Waals surface area (Å²) in [4.78, 5) is 2.30. The van der Waals surface area contributed by atoms with E-state index in [1.54, 1.807) is 12.1 Å². The SMILES string of the molecule is CN1CCCC1CNS(=O)(=O)c1cc(Br)ccc1N. The van der Waals surface area contributed by atoms with E-state index in [1.165, 1.54) is 6.07 Å². The molecule has 1 aliphatic heterocycles. The Kier molecular flexibility index (Phi) is 4.50. The van der Waals surface area contributed by atoms with Crippen molar-refractivity contribution in [2.24, 2.45) is 0 Å².